The minimum absolute atomic E-state index is 0.0151. The Morgan fingerprint density at radius 3 is 2.90 bits per heavy atom. The zero-order chi connectivity index (χ0) is 19.8. The molecule has 0 saturated heterocycles. The summed E-state index contributed by atoms with van der Waals surface area (Å²) in [5, 5.41) is 8.65. The third-order valence-electron chi connectivity index (χ3n) is 6.28. The van der Waals surface area contributed by atoms with Crippen LogP contribution in [0, 0.1) is 0 Å². The number of anilines is 2. The number of hydrogen-bond donors (Lipinski definition) is 2. The fourth-order valence-electron chi connectivity index (χ4n) is 4.75. The number of benzene rings is 1. The summed E-state index contributed by atoms with van der Waals surface area (Å²) in [5.41, 5.74) is 6.92. The predicted molar refractivity (Wildman–Crippen MR) is 110 cm³/mol. The average Bonchev–Trinajstić information content (AvgIpc) is 3.34. The van der Waals surface area contributed by atoms with E-state index in [0.717, 1.165) is 52.8 Å². The van der Waals surface area contributed by atoms with E-state index >= 15 is 0 Å². The Morgan fingerprint density at radius 2 is 2.07 bits per heavy atom. The molecule has 4 aromatic rings. The van der Waals surface area contributed by atoms with E-state index in [1.54, 1.807) is 23.5 Å². The number of carbonyl (C=O) groups excluding carboxylic acids is 1. The van der Waals surface area contributed by atoms with Crippen molar-refractivity contribution in [3.63, 3.8) is 0 Å². The van der Waals surface area contributed by atoms with Crippen LogP contribution in [0.15, 0.2) is 36.9 Å². The summed E-state index contributed by atoms with van der Waals surface area (Å²) in [5.74, 6) is 0.571. The van der Waals surface area contributed by atoms with Gasteiger partial charge in [0.05, 0.1) is 23.0 Å². The van der Waals surface area contributed by atoms with Crippen LogP contribution in [0.5, 0.6) is 0 Å². The maximum atomic E-state index is 13.3. The largest absolute Gasteiger partial charge is 0.353 e. The van der Waals surface area contributed by atoms with Crippen LogP contribution in [0.25, 0.3) is 22.3 Å². The highest BCUT2D eigenvalue weighted by Crippen LogP contribution is 2.48. The lowest BCUT2D eigenvalue weighted by molar-refractivity contribution is -0.121. The van der Waals surface area contributed by atoms with Crippen LogP contribution in [0.1, 0.15) is 37.0 Å². The van der Waals surface area contributed by atoms with Crippen molar-refractivity contribution in [3.05, 3.63) is 53.6 Å². The first kappa shape index (κ1) is 16.5. The molecule has 7 nitrogen and oxygen atoms in total. The zero-order valence-corrected chi connectivity index (χ0v) is 16.3. The Labute approximate surface area is 167 Å². The molecular weight excluding hydrogens is 364 g/mol. The van der Waals surface area contributed by atoms with E-state index in [0.29, 0.717) is 5.82 Å². The normalized spacial score (nSPS) is 17.2. The van der Waals surface area contributed by atoms with E-state index < -0.39 is 5.41 Å². The van der Waals surface area contributed by atoms with Crippen molar-refractivity contribution in [2.75, 3.05) is 4.90 Å². The van der Waals surface area contributed by atoms with E-state index in [2.05, 4.69) is 37.3 Å². The van der Waals surface area contributed by atoms with Crippen LogP contribution in [-0.2, 0) is 23.1 Å². The summed E-state index contributed by atoms with van der Waals surface area (Å²) < 4.78 is 0. The van der Waals surface area contributed by atoms with Gasteiger partial charge in [-0.3, -0.25) is 19.8 Å². The number of nitrogens with zero attached hydrogens (tertiary/aromatic N) is 4. The first-order valence-electron chi connectivity index (χ1n) is 9.88. The number of aryl methyl sites for hydroxylation is 2. The minimum atomic E-state index is -0.638. The highest BCUT2D eigenvalue weighted by atomic mass is 16.2. The van der Waals surface area contributed by atoms with Crippen LogP contribution < -0.4 is 4.90 Å². The van der Waals surface area contributed by atoms with Crippen LogP contribution in [0.3, 0.4) is 0 Å². The number of amides is 1. The Balaban J connectivity index is 1.63. The average molecular weight is 384 g/mol. The van der Waals surface area contributed by atoms with Crippen molar-refractivity contribution in [2.45, 2.75) is 38.5 Å². The third-order valence-corrected chi connectivity index (χ3v) is 6.28. The Kier molecular flexibility index (Phi) is 3.14. The minimum Gasteiger partial charge on any atom is -0.353 e. The molecule has 7 heteroatoms. The molecule has 0 saturated carbocycles. The van der Waals surface area contributed by atoms with Gasteiger partial charge in [0.25, 0.3) is 0 Å². The molecular formula is C22H20N6O. The molecule has 1 amide bonds. The highest BCUT2D eigenvalue weighted by Gasteiger charge is 2.45. The predicted octanol–water partition coefficient (Wildman–Crippen LogP) is 3.79. The second-order valence-electron chi connectivity index (χ2n) is 8.34. The second-order valence-corrected chi connectivity index (χ2v) is 8.34. The van der Waals surface area contributed by atoms with Crippen molar-refractivity contribution in [3.8, 4) is 11.4 Å². The van der Waals surface area contributed by atoms with Gasteiger partial charge in [-0.2, -0.15) is 5.10 Å². The number of hydrogen-bond acceptors (Lipinski definition) is 4. The van der Waals surface area contributed by atoms with Gasteiger partial charge in [-0.15, -0.1) is 0 Å². The molecule has 0 atom stereocenters. The van der Waals surface area contributed by atoms with Crippen LogP contribution >= 0.6 is 0 Å². The lowest BCUT2D eigenvalue weighted by Crippen LogP contribution is -2.33. The van der Waals surface area contributed by atoms with Gasteiger partial charge >= 0.3 is 0 Å². The van der Waals surface area contributed by atoms with E-state index in [1.807, 2.05) is 20.0 Å². The van der Waals surface area contributed by atoms with Crippen LogP contribution in [0.2, 0.25) is 0 Å². The summed E-state index contributed by atoms with van der Waals surface area (Å²) in [7, 11) is 0. The first-order valence-corrected chi connectivity index (χ1v) is 9.88. The second kappa shape index (κ2) is 5.53. The quantitative estimate of drug-likeness (QED) is 0.522. The maximum Gasteiger partial charge on any atom is 0.242 e. The van der Waals surface area contributed by atoms with Gasteiger partial charge in [0, 0.05) is 29.5 Å². The smallest absolute Gasteiger partial charge is 0.242 e. The molecule has 1 aliphatic heterocycles. The molecule has 0 bridgehead atoms. The summed E-state index contributed by atoms with van der Waals surface area (Å²) in [6.07, 6.45) is 9.93. The molecule has 1 aromatic carbocycles. The summed E-state index contributed by atoms with van der Waals surface area (Å²) in [6, 6.07) is 4.26. The van der Waals surface area contributed by atoms with Gasteiger partial charge in [0.2, 0.25) is 5.91 Å². The van der Waals surface area contributed by atoms with Crippen molar-refractivity contribution in [1.29, 1.82) is 0 Å². The Morgan fingerprint density at radius 1 is 1.17 bits per heavy atom. The zero-order valence-electron chi connectivity index (χ0n) is 16.3. The summed E-state index contributed by atoms with van der Waals surface area (Å²) in [6.45, 7) is 3.94. The lowest BCUT2D eigenvalue weighted by Gasteiger charge is -2.19. The van der Waals surface area contributed by atoms with Crippen molar-refractivity contribution < 1.29 is 4.79 Å². The number of rotatable bonds is 1. The summed E-state index contributed by atoms with van der Waals surface area (Å²) in [4.78, 5) is 27.1. The van der Waals surface area contributed by atoms with E-state index in [9.17, 15) is 4.79 Å². The van der Waals surface area contributed by atoms with Gasteiger partial charge < -0.3 is 4.98 Å². The highest BCUT2D eigenvalue weighted by molar-refractivity contribution is 6.14. The van der Waals surface area contributed by atoms with E-state index in [1.165, 1.54) is 11.1 Å². The van der Waals surface area contributed by atoms with Gasteiger partial charge in [0.15, 0.2) is 5.82 Å². The molecule has 144 valence electrons. The van der Waals surface area contributed by atoms with Crippen molar-refractivity contribution >= 4 is 28.3 Å². The number of H-pyrrole nitrogens is 2. The van der Waals surface area contributed by atoms with Gasteiger partial charge in [-0.1, -0.05) is 0 Å². The molecule has 4 heterocycles. The number of carbonyl (C=O) groups is 1. The monoisotopic (exact) mass is 384 g/mol. The van der Waals surface area contributed by atoms with Crippen molar-refractivity contribution in [2.24, 2.45) is 0 Å². The van der Waals surface area contributed by atoms with Crippen LogP contribution in [-0.4, -0.2) is 31.1 Å². The molecule has 0 fully saturated rings. The van der Waals surface area contributed by atoms with Crippen molar-refractivity contribution in [1.82, 2.24) is 25.1 Å². The first-order chi connectivity index (χ1) is 14.1. The fourth-order valence-corrected chi connectivity index (χ4v) is 4.75. The van der Waals surface area contributed by atoms with Gasteiger partial charge in [-0.05, 0) is 61.9 Å². The molecule has 2 N–H and O–H groups in total. The molecule has 3 aromatic heterocycles. The molecule has 0 spiro atoms. The molecule has 29 heavy (non-hydrogen) atoms. The number of fused-ring (bicyclic) bond motifs is 6. The van der Waals surface area contributed by atoms with Gasteiger partial charge in [0.1, 0.15) is 5.69 Å². The van der Waals surface area contributed by atoms with E-state index in [-0.39, 0.29) is 5.91 Å². The fraction of sp³-hybridized carbons (Fsp3) is 0.273. The molecule has 6 rings (SSSR count). The topological polar surface area (TPSA) is 90.6 Å². The maximum absolute atomic E-state index is 13.3. The molecule has 0 radical (unpaired) electrons. The van der Waals surface area contributed by atoms with E-state index in [4.69, 9.17) is 0 Å². The number of aromatic amines is 2. The van der Waals surface area contributed by atoms with Gasteiger partial charge in [-0.25, -0.2) is 4.98 Å². The lowest BCUT2D eigenvalue weighted by atomic mass is 9.85. The Hall–Kier alpha value is -3.48. The standard InChI is InChI=1S/C22H20N6O/c1-22(2)15-9-16-14(8-17(15)28(21(22)29)18-11-23-6-7-24-18)13-5-3-4-12-10-25-27-19(12)20(13)26-16/h6-11,26H,3-5H2,1-2H3,(H,25,27). The number of aromatic nitrogens is 5. The summed E-state index contributed by atoms with van der Waals surface area (Å²) >= 11 is 0. The Bertz CT molecular complexity index is 1280. The molecule has 0 unspecified atom stereocenters. The number of nitrogens with one attached hydrogen (secondary N) is 2. The SMILES string of the molecule is CC1(C)C(=O)N(c2cnccn2)c2cc3c4c([nH]c3cc21)-c1n[nH]cc1CCC4. The molecule has 2 aliphatic rings. The molecule has 1 aliphatic carbocycles. The third kappa shape index (κ3) is 2.12. The van der Waals surface area contributed by atoms with Crippen LogP contribution in [0.4, 0.5) is 11.5 Å².